The van der Waals surface area contributed by atoms with Crippen LogP contribution >= 0.6 is 0 Å². The Labute approximate surface area is 130 Å². The van der Waals surface area contributed by atoms with E-state index in [4.69, 9.17) is 9.47 Å². The molecule has 1 heterocycles. The average molecular weight is 298 g/mol. The molecule has 0 aliphatic carbocycles. The van der Waals surface area contributed by atoms with Crippen molar-refractivity contribution >= 4 is 5.78 Å². The van der Waals surface area contributed by atoms with Gasteiger partial charge >= 0.3 is 0 Å². The van der Waals surface area contributed by atoms with Gasteiger partial charge < -0.3 is 14.3 Å². The summed E-state index contributed by atoms with van der Waals surface area (Å²) in [4.78, 5) is 10.8. The van der Waals surface area contributed by atoms with Gasteiger partial charge in [0, 0.05) is 19.6 Å². The number of carbonyl (C=O) groups excluding carboxylic acids is 1. The van der Waals surface area contributed by atoms with Crippen LogP contribution in [0.5, 0.6) is 0 Å². The molecule has 1 aliphatic rings. The van der Waals surface area contributed by atoms with Crippen LogP contribution in [-0.2, 0) is 14.3 Å². The maximum Gasteiger partial charge on any atom is 0.157 e. The van der Waals surface area contributed by atoms with Gasteiger partial charge in [0.25, 0.3) is 0 Å². The van der Waals surface area contributed by atoms with Crippen molar-refractivity contribution < 1.29 is 14.3 Å². The normalized spacial score (nSPS) is 18.8. The molecule has 0 bridgehead atoms. The molecule has 0 unspecified atom stereocenters. The number of carbonyl (C=O) groups is 1. The largest absolute Gasteiger partial charge is 0.353 e. The van der Waals surface area contributed by atoms with E-state index in [2.05, 4.69) is 0 Å². The lowest BCUT2D eigenvalue weighted by Gasteiger charge is -2.22. The Kier molecular flexibility index (Phi) is 11.8. The minimum atomic E-state index is 0.0775. The zero-order valence-corrected chi connectivity index (χ0v) is 13.9. The zero-order chi connectivity index (χ0) is 15.2. The smallest absolute Gasteiger partial charge is 0.157 e. The number of rotatable bonds is 13. The van der Waals surface area contributed by atoms with Crippen molar-refractivity contribution in [1.29, 1.82) is 0 Å². The Morgan fingerprint density at radius 2 is 1.57 bits per heavy atom. The second-order valence-corrected chi connectivity index (χ2v) is 6.30. The van der Waals surface area contributed by atoms with Crippen molar-refractivity contribution in [3.8, 4) is 0 Å². The number of hydrogen-bond acceptors (Lipinski definition) is 3. The molecule has 3 nitrogen and oxygen atoms in total. The predicted molar refractivity (Wildman–Crippen MR) is 86.4 cm³/mol. The van der Waals surface area contributed by atoms with Gasteiger partial charge in [0.1, 0.15) is 5.78 Å². The Hall–Kier alpha value is -0.410. The average Bonchev–Trinajstić information content (AvgIpc) is 2.49. The first kappa shape index (κ1) is 18.6. The van der Waals surface area contributed by atoms with Gasteiger partial charge in [-0.3, -0.25) is 0 Å². The molecule has 21 heavy (non-hydrogen) atoms. The number of Topliss-reactive ketones (excluding diaryl/α,β-unsaturated/α-hetero) is 1. The number of ketones is 1. The molecule has 1 fully saturated rings. The fourth-order valence-corrected chi connectivity index (χ4v) is 2.77. The van der Waals surface area contributed by atoms with Crippen molar-refractivity contribution in [2.45, 2.75) is 96.7 Å². The van der Waals surface area contributed by atoms with E-state index >= 15 is 0 Å². The summed E-state index contributed by atoms with van der Waals surface area (Å²) in [6, 6.07) is 0. The standard InChI is InChI=1S/C18H34O3/c1-17(19)13-9-7-5-3-2-4-6-8-11-15-20-18-14-10-12-16-21-18/h18H,2-16H2,1H3/t18-/m1/s1. The lowest BCUT2D eigenvalue weighted by Crippen LogP contribution is -2.22. The Morgan fingerprint density at radius 3 is 2.14 bits per heavy atom. The van der Waals surface area contributed by atoms with E-state index in [9.17, 15) is 4.79 Å². The maximum absolute atomic E-state index is 10.8. The summed E-state index contributed by atoms with van der Waals surface area (Å²) in [7, 11) is 0. The highest BCUT2D eigenvalue weighted by Gasteiger charge is 2.13. The van der Waals surface area contributed by atoms with Crippen LogP contribution in [0, 0.1) is 0 Å². The molecule has 1 saturated heterocycles. The molecule has 0 aromatic carbocycles. The van der Waals surface area contributed by atoms with Gasteiger partial charge in [-0.25, -0.2) is 0 Å². The van der Waals surface area contributed by atoms with Gasteiger partial charge in [-0.15, -0.1) is 0 Å². The summed E-state index contributed by atoms with van der Waals surface area (Å²) >= 11 is 0. The van der Waals surface area contributed by atoms with E-state index in [0.717, 1.165) is 32.5 Å². The van der Waals surface area contributed by atoms with Gasteiger partial charge in [-0.1, -0.05) is 44.9 Å². The molecular formula is C18H34O3. The van der Waals surface area contributed by atoms with Crippen LogP contribution in [-0.4, -0.2) is 25.3 Å². The fraction of sp³-hybridized carbons (Fsp3) is 0.944. The van der Waals surface area contributed by atoms with Crippen molar-refractivity contribution in [2.75, 3.05) is 13.2 Å². The first-order valence-corrected chi connectivity index (χ1v) is 9.01. The fourth-order valence-electron chi connectivity index (χ4n) is 2.77. The molecular weight excluding hydrogens is 264 g/mol. The predicted octanol–water partition coefficient (Wildman–Crippen LogP) is 5.02. The molecule has 3 heteroatoms. The molecule has 0 aromatic rings. The molecule has 124 valence electrons. The van der Waals surface area contributed by atoms with Crippen LogP contribution in [0.3, 0.4) is 0 Å². The number of hydrogen-bond donors (Lipinski definition) is 0. The molecule has 0 radical (unpaired) electrons. The van der Waals surface area contributed by atoms with E-state index in [-0.39, 0.29) is 6.29 Å². The van der Waals surface area contributed by atoms with E-state index in [1.807, 2.05) is 0 Å². The topological polar surface area (TPSA) is 35.5 Å². The van der Waals surface area contributed by atoms with Crippen molar-refractivity contribution in [3.05, 3.63) is 0 Å². The van der Waals surface area contributed by atoms with E-state index in [0.29, 0.717) is 5.78 Å². The third-order valence-electron chi connectivity index (χ3n) is 4.11. The summed E-state index contributed by atoms with van der Waals surface area (Å²) in [5.74, 6) is 0.329. The molecule has 0 amide bonds. The van der Waals surface area contributed by atoms with Gasteiger partial charge in [-0.2, -0.15) is 0 Å². The lowest BCUT2D eigenvalue weighted by molar-refractivity contribution is -0.162. The lowest BCUT2D eigenvalue weighted by atomic mass is 10.1. The third-order valence-corrected chi connectivity index (χ3v) is 4.11. The van der Waals surface area contributed by atoms with E-state index in [1.54, 1.807) is 6.92 Å². The highest BCUT2D eigenvalue weighted by molar-refractivity contribution is 5.75. The Morgan fingerprint density at radius 1 is 0.952 bits per heavy atom. The van der Waals surface area contributed by atoms with Gasteiger partial charge in [-0.05, 0) is 39.0 Å². The van der Waals surface area contributed by atoms with Crippen LogP contribution in [0.4, 0.5) is 0 Å². The maximum atomic E-state index is 10.8. The van der Waals surface area contributed by atoms with Crippen LogP contribution in [0.2, 0.25) is 0 Å². The van der Waals surface area contributed by atoms with Crippen LogP contribution < -0.4 is 0 Å². The number of unbranched alkanes of at least 4 members (excludes halogenated alkanes) is 8. The van der Waals surface area contributed by atoms with Crippen LogP contribution in [0.15, 0.2) is 0 Å². The molecule has 0 N–H and O–H groups in total. The van der Waals surface area contributed by atoms with Crippen molar-refractivity contribution in [2.24, 2.45) is 0 Å². The molecule has 1 aliphatic heterocycles. The molecule has 0 saturated carbocycles. The first-order valence-electron chi connectivity index (χ1n) is 9.01. The summed E-state index contributed by atoms with van der Waals surface area (Å²) in [6.07, 6.45) is 15.7. The second-order valence-electron chi connectivity index (χ2n) is 6.30. The third kappa shape index (κ3) is 11.9. The SMILES string of the molecule is CC(=O)CCCCCCCCCCCO[C@H]1CCCCO1. The minimum absolute atomic E-state index is 0.0775. The van der Waals surface area contributed by atoms with Gasteiger partial charge in [0.2, 0.25) is 0 Å². The quantitative estimate of drug-likeness (QED) is 0.448. The van der Waals surface area contributed by atoms with E-state index in [1.165, 1.54) is 64.2 Å². The molecule has 1 atom stereocenters. The zero-order valence-electron chi connectivity index (χ0n) is 13.9. The van der Waals surface area contributed by atoms with Gasteiger partial charge in [0.05, 0.1) is 0 Å². The highest BCUT2D eigenvalue weighted by Crippen LogP contribution is 2.15. The minimum Gasteiger partial charge on any atom is -0.353 e. The Bertz CT molecular complexity index is 247. The molecule has 1 rings (SSSR count). The van der Waals surface area contributed by atoms with Gasteiger partial charge in [0.15, 0.2) is 6.29 Å². The monoisotopic (exact) mass is 298 g/mol. The first-order chi connectivity index (χ1) is 10.3. The summed E-state index contributed by atoms with van der Waals surface area (Å²) in [5.41, 5.74) is 0. The number of ether oxygens (including phenoxy) is 2. The van der Waals surface area contributed by atoms with Crippen molar-refractivity contribution in [1.82, 2.24) is 0 Å². The summed E-state index contributed by atoms with van der Waals surface area (Å²) < 4.78 is 11.3. The Balaban J connectivity index is 1.71. The van der Waals surface area contributed by atoms with Crippen molar-refractivity contribution in [3.63, 3.8) is 0 Å². The van der Waals surface area contributed by atoms with E-state index < -0.39 is 0 Å². The van der Waals surface area contributed by atoms with Crippen LogP contribution in [0.25, 0.3) is 0 Å². The molecule has 0 spiro atoms. The molecule has 0 aromatic heterocycles. The van der Waals surface area contributed by atoms with Crippen LogP contribution in [0.1, 0.15) is 90.4 Å². The highest BCUT2D eigenvalue weighted by atomic mass is 16.7. The summed E-state index contributed by atoms with van der Waals surface area (Å²) in [6.45, 7) is 3.41. The second kappa shape index (κ2) is 13.3. The summed E-state index contributed by atoms with van der Waals surface area (Å²) in [5, 5.41) is 0.